The van der Waals surface area contributed by atoms with Gasteiger partial charge >= 0.3 is 0 Å². The summed E-state index contributed by atoms with van der Waals surface area (Å²) < 4.78 is 24.2. The molecule has 1 aliphatic carbocycles. The number of hydrogen-bond donors (Lipinski definition) is 1. The Labute approximate surface area is 90.8 Å². The van der Waals surface area contributed by atoms with Crippen molar-refractivity contribution in [2.45, 2.75) is 32.1 Å². The summed E-state index contributed by atoms with van der Waals surface area (Å²) >= 11 is 0. The summed E-state index contributed by atoms with van der Waals surface area (Å²) in [6.45, 7) is 1.48. The van der Waals surface area contributed by atoms with Gasteiger partial charge < -0.3 is 10.6 Å². The van der Waals surface area contributed by atoms with Crippen LogP contribution in [0, 0.1) is 11.8 Å². The molecule has 0 unspecified atom stereocenters. The van der Waals surface area contributed by atoms with Gasteiger partial charge in [-0.15, -0.1) is 0 Å². The SMILES string of the molecule is CN(CC(F)F)CC1CCC(CN)CC1. The van der Waals surface area contributed by atoms with E-state index in [2.05, 4.69) is 0 Å². The second kappa shape index (κ2) is 6.38. The van der Waals surface area contributed by atoms with Crippen molar-refractivity contribution in [1.82, 2.24) is 4.90 Å². The Morgan fingerprint density at radius 3 is 2.20 bits per heavy atom. The van der Waals surface area contributed by atoms with E-state index in [-0.39, 0.29) is 6.54 Å². The van der Waals surface area contributed by atoms with Gasteiger partial charge in [-0.1, -0.05) is 0 Å². The van der Waals surface area contributed by atoms with Gasteiger partial charge in [-0.2, -0.15) is 0 Å². The molecule has 1 fully saturated rings. The second-order valence-corrected chi connectivity index (χ2v) is 4.73. The first-order chi connectivity index (χ1) is 7.11. The molecular formula is C11H22F2N2. The van der Waals surface area contributed by atoms with Gasteiger partial charge in [0.25, 0.3) is 6.43 Å². The van der Waals surface area contributed by atoms with Crippen LogP contribution in [0.2, 0.25) is 0 Å². The lowest BCUT2D eigenvalue weighted by Gasteiger charge is -2.30. The van der Waals surface area contributed by atoms with E-state index in [9.17, 15) is 8.78 Å². The molecule has 4 heteroatoms. The van der Waals surface area contributed by atoms with Crippen LogP contribution >= 0.6 is 0 Å². The lowest BCUT2D eigenvalue weighted by atomic mass is 9.82. The number of nitrogens with zero attached hydrogens (tertiary/aromatic N) is 1. The largest absolute Gasteiger partial charge is 0.330 e. The fraction of sp³-hybridized carbons (Fsp3) is 1.00. The molecule has 0 heterocycles. The van der Waals surface area contributed by atoms with E-state index >= 15 is 0 Å². The van der Waals surface area contributed by atoms with Gasteiger partial charge in [-0.25, -0.2) is 8.78 Å². The summed E-state index contributed by atoms with van der Waals surface area (Å²) in [7, 11) is 1.78. The highest BCUT2D eigenvalue weighted by atomic mass is 19.3. The number of rotatable bonds is 5. The predicted octanol–water partition coefficient (Wildman–Crippen LogP) is 1.95. The minimum atomic E-state index is -2.21. The molecule has 0 spiro atoms. The minimum Gasteiger partial charge on any atom is -0.330 e. The zero-order valence-corrected chi connectivity index (χ0v) is 9.46. The molecule has 0 aromatic carbocycles. The molecule has 0 aromatic heterocycles. The quantitative estimate of drug-likeness (QED) is 0.767. The van der Waals surface area contributed by atoms with Crippen LogP contribution in [0.25, 0.3) is 0 Å². The van der Waals surface area contributed by atoms with Crippen LogP contribution in [0.4, 0.5) is 8.78 Å². The fourth-order valence-electron chi connectivity index (χ4n) is 2.40. The molecule has 0 atom stereocenters. The molecule has 0 amide bonds. The Bertz CT molecular complexity index is 168. The molecule has 1 rings (SSSR count). The first-order valence-electron chi connectivity index (χ1n) is 5.78. The average molecular weight is 220 g/mol. The standard InChI is InChI=1S/C11H22F2N2/c1-15(8-11(12)13)7-10-4-2-9(6-14)3-5-10/h9-11H,2-8,14H2,1H3. The summed E-state index contributed by atoms with van der Waals surface area (Å²) in [5, 5.41) is 0. The van der Waals surface area contributed by atoms with Crippen LogP contribution < -0.4 is 5.73 Å². The van der Waals surface area contributed by atoms with Crippen LogP contribution in [-0.2, 0) is 0 Å². The molecule has 0 aliphatic heterocycles. The maximum atomic E-state index is 12.1. The van der Waals surface area contributed by atoms with E-state index in [1.165, 1.54) is 12.8 Å². The summed E-state index contributed by atoms with van der Waals surface area (Å²) in [6.07, 6.45) is 2.42. The van der Waals surface area contributed by atoms with Crippen LogP contribution in [0.3, 0.4) is 0 Å². The van der Waals surface area contributed by atoms with Crippen LogP contribution in [0.5, 0.6) is 0 Å². The summed E-state index contributed by atoms with van der Waals surface area (Å²) in [4.78, 5) is 1.75. The normalized spacial score (nSPS) is 27.6. The van der Waals surface area contributed by atoms with Gasteiger partial charge in [-0.05, 0) is 51.1 Å². The van der Waals surface area contributed by atoms with Crippen molar-refractivity contribution >= 4 is 0 Å². The molecule has 90 valence electrons. The Morgan fingerprint density at radius 1 is 1.20 bits per heavy atom. The maximum Gasteiger partial charge on any atom is 0.251 e. The molecule has 0 radical (unpaired) electrons. The van der Waals surface area contributed by atoms with Crippen molar-refractivity contribution in [1.29, 1.82) is 0 Å². The first kappa shape index (κ1) is 12.8. The Morgan fingerprint density at radius 2 is 1.73 bits per heavy atom. The lowest BCUT2D eigenvalue weighted by Crippen LogP contribution is -2.32. The van der Waals surface area contributed by atoms with Crippen LogP contribution in [-0.4, -0.2) is 38.0 Å². The summed E-state index contributed by atoms with van der Waals surface area (Å²) in [6, 6.07) is 0. The summed E-state index contributed by atoms with van der Waals surface area (Å²) in [5.74, 6) is 1.26. The van der Waals surface area contributed by atoms with Crippen LogP contribution in [0.1, 0.15) is 25.7 Å². The van der Waals surface area contributed by atoms with Crippen LogP contribution in [0.15, 0.2) is 0 Å². The van der Waals surface area contributed by atoms with Gasteiger partial charge in [0.1, 0.15) is 0 Å². The molecular weight excluding hydrogens is 198 g/mol. The third-order valence-corrected chi connectivity index (χ3v) is 3.32. The highest BCUT2D eigenvalue weighted by Crippen LogP contribution is 2.28. The van der Waals surface area contributed by atoms with E-state index in [0.29, 0.717) is 11.8 Å². The van der Waals surface area contributed by atoms with E-state index in [0.717, 1.165) is 25.9 Å². The van der Waals surface area contributed by atoms with Gasteiger partial charge in [0.2, 0.25) is 0 Å². The monoisotopic (exact) mass is 220 g/mol. The highest BCUT2D eigenvalue weighted by Gasteiger charge is 2.21. The topological polar surface area (TPSA) is 29.3 Å². The van der Waals surface area contributed by atoms with Crippen molar-refractivity contribution in [3.05, 3.63) is 0 Å². The smallest absolute Gasteiger partial charge is 0.251 e. The first-order valence-corrected chi connectivity index (χ1v) is 5.78. The number of hydrogen-bond acceptors (Lipinski definition) is 2. The van der Waals surface area contributed by atoms with Gasteiger partial charge in [-0.3, -0.25) is 0 Å². The van der Waals surface area contributed by atoms with Crippen molar-refractivity contribution in [3.63, 3.8) is 0 Å². The fourth-order valence-corrected chi connectivity index (χ4v) is 2.40. The molecule has 2 N–H and O–H groups in total. The number of nitrogens with two attached hydrogens (primary N) is 1. The predicted molar refractivity (Wildman–Crippen MR) is 58.0 cm³/mol. The lowest BCUT2D eigenvalue weighted by molar-refractivity contribution is 0.0872. The Hall–Kier alpha value is -0.220. The Balaban J connectivity index is 2.17. The molecule has 2 nitrogen and oxygen atoms in total. The van der Waals surface area contributed by atoms with Crippen molar-refractivity contribution in [2.75, 3.05) is 26.7 Å². The Kier molecular flexibility index (Phi) is 5.47. The molecule has 15 heavy (non-hydrogen) atoms. The van der Waals surface area contributed by atoms with Crippen molar-refractivity contribution in [2.24, 2.45) is 17.6 Å². The molecule has 0 bridgehead atoms. The maximum absolute atomic E-state index is 12.1. The second-order valence-electron chi connectivity index (χ2n) is 4.73. The third kappa shape index (κ3) is 4.89. The van der Waals surface area contributed by atoms with E-state index < -0.39 is 6.43 Å². The van der Waals surface area contributed by atoms with Gasteiger partial charge in [0, 0.05) is 6.54 Å². The minimum absolute atomic E-state index is 0.100. The van der Waals surface area contributed by atoms with Gasteiger partial charge in [0.05, 0.1) is 6.54 Å². The molecule has 1 aliphatic rings. The number of halogens is 2. The van der Waals surface area contributed by atoms with E-state index in [4.69, 9.17) is 5.73 Å². The molecule has 0 saturated heterocycles. The van der Waals surface area contributed by atoms with Crippen molar-refractivity contribution < 1.29 is 8.78 Å². The van der Waals surface area contributed by atoms with E-state index in [1.54, 1.807) is 11.9 Å². The third-order valence-electron chi connectivity index (χ3n) is 3.32. The van der Waals surface area contributed by atoms with E-state index in [1.807, 2.05) is 0 Å². The van der Waals surface area contributed by atoms with Crippen molar-refractivity contribution in [3.8, 4) is 0 Å². The highest BCUT2D eigenvalue weighted by molar-refractivity contribution is 4.75. The molecule has 1 saturated carbocycles. The average Bonchev–Trinajstić information content (AvgIpc) is 2.17. The zero-order chi connectivity index (χ0) is 11.3. The number of alkyl halides is 2. The summed E-state index contributed by atoms with van der Waals surface area (Å²) in [5.41, 5.74) is 5.61. The van der Waals surface area contributed by atoms with Gasteiger partial charge in [0.15, 0.2) is 0 Å². The molecule has 0 aromatic rings. The zero-order valence-electron chi connectivity index (χ0n) is 9.46.